The fourth-order valence-corrected chi connectivity index (χ4v) is 3.90. The monoisotopic (exact) mass is 376 g/mol. The van der Waals surface area contributed by atoms with Crippen molar-refractivity contribution in [2.24, 2.45) is 5.92 Å². The highest BCUT2D eigenvalue weighted by Gasteiger charge is 2.60. The van der Waals surface area contributed by atoms with Gasteiger partial charge in [-0.3, -0.25) is 4.68 Å². The lowest BCUT2D eigenvalue weighted by atomic mass is 10.0. The zero-order chi connectivity index (χ0) is 19.0. The minimum absolute atomic E-state index is 0.116. The Hall–Kier alpha value is -2.68. The van der Waals surface area contributed by atoms with Crippen LogP contribution in [0.25, 0.3) is 22.4 Å². The van der Waals surface area contributed by atoms with Crippen LogP contribution in [0.1, 0.15) is 17.5 Å². The van der Waals surface area contributed by atoms with E-state index < -0.39 is 17.5 Å². The Bertz CT molecular complexity index is 1060. The van der Waals surface area contributed by atoms with Crippen molar-refractivity contribution in [3.05, 3.63) is 35.7 Å². The fourth-order valence-electron chi connectivity index (χ4n) is 3.90. The number of aromatic hydroxyl groups is 1. The molecule has 27 heavy (non-hydrogen) atoms. The first-order valence-corrected chi connectivity index (χ1v) is 8.50. The smallest absolute Gasteiger partial charge is 0.416 e. The average molecular weight is 376 g/mol. The predicted octanol–water partition coefficient (Wildman–Crippen LogP) is 3.27. The van der Waals surface area contributed by atoms with Crippen molar-refractivity contribution in [3.63, 3.8) is 0 Å². The number of phenolic OH excluding ortho intramolecular Hbond substituents is 1. The van der Waals surface area contributed by atoms with Crippen LogP contribution in [0.3, 0.4) is 0 Å². The fraction of sp³-hybridized carbons (Fsp3) is 0.389. The normalized spacial score (nSPS) is 24.4. The van der Waals surface area contributed by atoms with Crippen molar-refractivity contribution in [1.29, 1.82) is 0 Å². The molecule has 2 aliphatic rings. The van der Waals surface area contributed by atoms with Gasteiger partial charge in [-0.2, -0.15) is 13.2 Å². The summed E-state index contributed by atoms with van der Waals surface area (Å²) < 4.78 is 46.1. The Balaban J connectivity index is 1.58. The Kier molecular flexibility index (Phi) is 3.17. The maximum atomic E-state index is 12.9. The molecule has 0 bridgehead atoms. The Labute approximate surface area is 151 Å². The molecule has 3 heterocycles. The molecular weight excluding hydrogens is 361 g/mol. The largest absolute Gasteiger partial charge is 0.507 e. The number of ether oxygens (including phenoxy) is 1. The van der Waals surface area contributed by atoms with Crippen molar-refractivity contribution in [3.8, 4) is 17.0 Å². The first kappa shape index (κ1) is 16.5. The number of aromatic nitrogens is 4. The second kappa shape index (κ2) is 5.19. The Morgan fingerprint density at radius 2 is 2.15 bits per heavy atom. The van der Waals surface area contributed by atoms with Gasteiger partial charge in [0.05, 0.1) is 42.4 Å². The predicted molar refractivity (Wildman–Crippen MR) is 89.1 cm³/mol. The summed E-state index contributed by atoms with van der Waals surface area (Å²) in [5.74, 6) is -0.0343. The maximum Gasteiger partial charge on any atom is 0.416 e. The molecule has 0 amide bonds. The highest BCUT2D eigenvalue weighted by molar-refractivity contribution is 5.77. The third-order valence-corrected chi connectivity index (χ3v) is 5.45. The lowest BCUT2D eigenvalue weighted by Gasteiger charge is -2.12. The van der Waals surface area contributed by atoms with Crippen LogP contribution in [0.5, 0.6) is 5.75 Å². The molecule has 9 heteroatoms. The van der Waals surface area contributed by atoms with Crippen LogP contribution in [0.2, 0.25) is 0 Å². The van der Waals surface area contributed by atoms with E-state index in [2.05, 4.69) is 15.1 Å². The summed E-state index contributed by atoms with van der Waals surface area (Å²) in [5.41, 5.74) is 0.727. The highest BCUT2D eigenvalue weighted by atomic mass is 19.4. The van der Waals surface area contributed by atoms with E-state index in [-0.39, 0.29) is 22.4 Å². The molecule has 0 unspecified atom stereocenters. The van der Waals surface area contributed by atoms with E-state index in [1.807, 2.05) is 10.9 Å². The van der Waals surface area contributed by atoms with E-state index in [1.165, 1.54) is 13.1 Å². The van der Waals surface area contributed by atoms with E-state index in [4.69, 9.17) is 4.74 Å². The molecule has 2 aromatic heterocycles. The molecule has 0 spiro atoms. The van der Waals surface area contributed by atoms with Gasteiger partial charge in [0, 0.05) is 11.5 Å². The Morgan fingerprint density at radius 1 is 1.33 bits per heavy atom. The van der Waals surface area contributed by atoms with Crippen LogP contribution >= 0.6 is 0 Å². The zero-order valence-electron chi connectivity index (χ0n) is 14.3. The molecule has 0 radical (unpaired) electrons. The quantitative estimate of drug-likeness (QED) is 0.743. The van der Waals surface area contributed by atoms with Crippen LogP contribution < -0.4 is 0 Å². The van der Waals surface area contributed by atoms with Crippen LogP contribution in [0.15, 0.2) is 24.5 Å². The molecular formula is C18H15F3N4O2. The van der Waals surface area contributed by atoms with Gasteiger partial charge in [-0.05, 0) is 31.0 Å². The SMILES string of the molecule is Cc1cc(C(F)(F)F)cc(O)c1-c1cnc2cn([C@]34COC[C@H]3C4)nc2n1. The van der Waals surface area contributed by atoms with Gasteiger partial charge in [-0.1, -0.05) is 0 Å². The average Bonchev–Trinajstić information content (AvgIpc) is 2.96. The number of rotatable bonds is 2. The van der Waals surface area contributed by atoms with Crippen molar-refractivity contribution in [2.45, 2.75) is 25.1 Å². The van der Waals surface area contributed by atoms with Gasteiger partial charge >= 0.3 is 6.18 Å². The van der Waals surface area contributed by atoms with Crippen molar-refractivity contribution in [1.82, 2.24) is 19.7 Å². The van der Waals surface area contributed by atoms with Gasteiger partial charge in [0.15, 0.2) is 5.65 Å². The molecule has 1 saturated carbocycles. The van der Waals surface area contributed by atoms with Gasteiger partial charge < -0.3 is 9.84 Å². The number of alkyl halides is 3. The van der Waals surface area contributed by atoms with Gasteiger partial charge in [0.2, 0.25) is 0 Å². The first-order valence-electron chi connectivity index (χ1n) is 8.50. The standard InChI is InChI=1S/C18H15F3N4O2/c1-9-2-10(18(19,20)21)3-14(26)15(9)12-5-22-13-6-25(24-16(13)23-12)17-4-11(17)7-27-8-17/h2-3,5-6,11,26H,4,7-8H2,1H3/t11-,17-/m1/s1. The molecule has 6 nitrogen and oxygen atoms in total. The zero-order valence-corrected chi connectivity index (χ0v) is 14.3. The molecule has 1 aliphatic carbocycles. The molecule has 2 fully saturated rings. The summed E-state index contributed by atoms with van der Waals surface area (Å²) in [6.45, 7) is 2.83. The summed E-state index contributed by atoms with van der Waals surface area (Å²) >= 11 is 0. The molecule has 1 aliphatic heterocycles. The van der Waals surface area contributed by atoms with E-state index in [0.717, 1.165) is 19.1 Å². The summed E-state index contributed by atoms with van der Waals surface area (Å²) in [5, 5.41) is 14.7. The van der Waals surface area contributed by atoms with Gasteiger partial charge in [-0.15, -0.1) is 5.10 Å². The Morgan fingerprint density at radius 3 is 2.78 bits per heavy atom. The minimum Gasteiger partial charge on any atom is -0.507 e. The molecule has 140 valence electrons. The van der Waals surface area contributed by atoms with Crippen molar-refractivity contribution < 1.29 is 23.0 Å². The summed E-state index contributed by atoms with van der Waals surface area (Å²) in [6, 6.07) is 1.69. The van der Waals surface area contributed by atoms with Crippen molar-refractivity contribution >= 4 is 11.2 Å². The van der Waals surface area contributed by atoms with Crippen LogP contribution in [-0.4, -0.2) is 38.1 Å². The number of halogens is 3. The number of phenols is 1. The second-order valence-corrected chi connectivity index (χ2v) is 7.24. The summed E-state index contributed by atoms with van der Waals surface area (Å²) in [7, 11) is 0. The molecule has 3 aromatic rings. The lowest BCUT2D eigenvalue weighted by molar-refractivity contribution is -0.137. The lowest BCUT2D eigenvalue weighted by Crippen LogP contribution is -2.21. The van der Waals surface area contributed by atoms with E-state index in [1.54, 1.807) is 0 Å². The minimum atomic E-state index is -4.53. The molecule has 5 rings (SSSR count). The van der Waals surface area contributed by atoms with Crippen LogP contribution in [-0.2, 0) is 16.5 Å². The second-order valence-electron chi connectivity index (χ2n) is 7.24. The molecule has 1 aromatic carbocycles. The number of nitrogens with zero attached hydrogens (tertiary/aromatic N) is 4. The van der Waals surface area contributed by atoms with Gasteiger partial charge in [0.1, 0.15) is 11.3 Å². The highest BCUT2D eigenvalue weighted by Crippen LogP contribution is 2.54. The van der Waals surface area contributed by atoms with Gasteiger partial charge in [-0.25, -0.2) is 9.97 Å². The van der Waals surface area contributed by atoms with E-state index in [9.17, 15) is 18.3 Å². The topological polar surface area (TPSA) is 73.1 Å². The van der Waals surface area contributed by atoms with Crippen LogP contribution in [0.4, 0.5) is 13.2 Å². The molecule has 1 saturated heterocycles. The van der Waals surface area contributed by atoms with Gasteiger partial charge in [0.25, 0.3) is 0 Å². The third-order valence-electron chi connectivity index (χ3n) is 5.45. The summed E-state index contributed by atoms with van der Waals surface area (Å²) in [6.07, 6.45) is -0.261. The van der Waals surface area contributed by atoms with E-state index in [0.29, 0.717) is 29.8 Å². The van der Waals surface area contributed by atoms with Crippen LogP contribution in [0, 0.1) is 12.8 Å². The molecule has 1 N–H and O–H groups in total. The third kappa shape index (κ3) is 2.41. The first-order chi connectivity index (χ1) is 12.8. The number of hydrogen-bond donors (Lipinski definition) is 1. The maximum absolute atomic E-state index is 12.9. The van der Waals surface area contributed by atoms with E-state index >= 15 is 0 Å². The number of benzene rings is 1. The van der Waals surface area contributed by atoms with Crippen molar-refractivity contribution in [2.75, 3.05) is 13.2 Å². The number of fused-ring (bicyclic) bond motifs is 2. The number of aryl methyl sites for hydroxylation is 1. The number of hydrogen-bond acceptors (Lipinski definition) is 5. The summed E-state index contributed by atoms with van der Waals surface area (Å²) in [4.78, 5) is 8.76. The molecule has 2 atom stereocenters.